The second-order valence-corrected chi connectivity index (χ2v) is 4.74. The van der Waals surface area contributed by atoms with Gasteiger partial charge in [-0.1, -0.05) is 13.3 Å². The molecule has 0 radical (unpaired) electrons. The van der Waals surface area contributed by atoms with Crippen LogP contribution in [0.25, 0.3) is 0 Å². The lowest BCUT2D eigenvalue weighted by Crippen LogP contribution is -2.20. The van der Waals surface area contributed by atoms with E-state index >= 15 is 0 Å². The summed E-state index contributed by atoms with van der Waals surface area (Å²) in [5.41, 5.74) is 0. The minimum atomic E-state index is 0.616. The van der Waals surface area contributed by atoms with Gasteiger partial charge in [0.05, 0.1) is 0 Å². The van der Waals surface area contributed by atoms with Crippen molar-refractivity contribution < 1.29 is 0 Å². The first-order chi connectivity index (χ1) is 6.86. The molecule has 1 aromatic heterocycles. The van der Waals surface area contributed by atoms with Gasteiger partial charge >= 0.3 is 0 Å². The summed E-state index contributed by atoms with van der Waals surface area (Å²) in [6, 6.07) is 0. The van der Waals surface area contributed by atoms with E-state index in [0.717, 1.165) is 12.5 Å². The van der Waals surface area contributed by atoms with E-state index in [2.05, 4.69) is 21.7 Å². The molecule has 0 bridgehead atoms. The molecule has 1 unspecified atom stereocenters. The summed E-state index contributed by atoms with van der Waals surface area (Å²) in [4.78, 5) is 0. The number of fused-ring (bicyclic) bond motifs is 1. The minimum Gasteiger partial charge on any atom is -0.315 e. The summed E-state index contributed by atoms with van der Waals surface area (Å²) >= 11 is 0. The summed E-state index contributed by atoms with van der Waals surface area (Å²) < 4.78 is 2.39. The maximum Gasteiger partial charge on any atom is 0.136 e. The van der Waals surface area contributed by atoms with Crippen molar-refractivity contribution in [1.29, 1.82) is 0 Å². The molecule has 0 spiro atoms. The van der Waals surface area contributed by atoms with Gasteiger partial charge in [0.25, 0.3) is 0 Å². The molecule has 0 amide bonds. The average molecular weight is 191 g/mol. The zero-order valence-electron chi connectivity index (χ0n) is 8.74. The number of nitrogens with zero attached hydrogens (tertiary/aromatic N) is 3. The zero-order chi connectivity index (χ0) is 9.54. The van der Waals surface area contributed by atoms with E-state index in [0.29, 0.717) is 5.92 Å². The van der Waals surface area contributed by atoms with Crippen LogP contribution in [-0.2, 0) is 6.54 Å². The van der Waals surface area contributed by atoms with Gasteiger partial charge in [0.2, 0.25) is 0 Å². The van der Waals surface area contributed by atoms with Gasteiger partial charge < -0.3 is 4.57 Å². The van der Waals surface area contributed by atoms with Crippen molar-refractivity contribution in [2.45, 2.75) is 57.4 Å². The first-order valence-electron chi connectivity index (χ1n) is 5.79. The molecule has 3 heteroatoms. The molecule has 1 aliphatic heterocycles. The van der Waals surface area contributed by atoms with Crippen LogP contribution < -0.4 is 0 Å². The molecule has 3 rings (SSSR count). The molecule has 1 aromatic rings. The third kappa shape index (κ3) is 1.11. The van der Waals surface area contributed by atoms with Crippen molar-refractivity contribution >= 4 is 0 Å². The average Bonchev–Trinajstić information content (AvgIpc) is 2.48. The molecule has 2 aliphatic rings. The Morgan fingerprint density at radius 2 is 1.86 bits per heavy atom. The number of hydrogen-bond donors (Lipinski definition) is 0. The SMILES string of the molecule is CC1CCCn2c1nnc2C1CCC1. The topological polar surface area (TPSA) is 30.7 Å². The Hall–Kier alpha value is -0.860. The van der Waals surface area contributed by atoms with Crippen LogP contribution in [0.15, 0.2) is 0 Å². The number of rotatable bonds is 1. The van der Waals surface area contributed by atoms with Crippen LogP contribution in [-0.4, -0.2) is 14.8 Å². The molecule has 0 saturated heterocycles. The number of aromatic nitrogens is 3. The van der Waals surface area contributed by atoms with E-state index in [1.165, 1.54) is 43.8 Å². The van der Waals surface area contributed by atoms with Crippen molar-refractivity contribution in [2.24, 2.45) is 0 Å². The second kappa shape index (κ2) is 3.07. The van der Waals surface area contributed by atoms with E-state index in [4.69, 9.17) is 0 Å². The van der Waals surface area contributed by atoms with Crippen LogP contribution in [0.4, 0.5) is 0 Å². The highest BCUT2D eigenvalue weighted by Gasteiger charge is 2.29. The second-order valence-electron chi connectivity index (χ2n) is 4.74. The number of hydrogen-bond acceptors (Lipinski definition) is 2. The zero-order valence-corrected chi connectivity index (χ0v) is 8.74. The molecule has 3 nitrogen and oxygen atoms in total. The first-order valence-corrected chi connectivity index (χ1v) is 5.79. The third-order valence-corrected chi connectivity index (χ3v) is 3.74. The van der Waals surface area contributed by atoms with Crippen molar-refractivity contribution in [1.82, 2.24) is 14.8 Å². The molecule has 14 heavy (non-hydrogen) atoms. The summed E-state index contributed by atoms with van der Waals surface area (Å²) in [6.07, 6.45) is 6.61. The smallest absolute Gasteiger partial charge is 0.136 e. The van der Waals surface area contributed by atoms with E-state index in [1.807, 2.05) is 0 Å². The van der Waals surface area contributed by atoms with Crippen LogP contribution in [0, 0.1) is 0 Å². The molecule has 1 aliphatic carbocycles. The monoisotopic (exact) mass is 191 g/mol. The lowest BCUT2D eigenvalue weighted by atomic mass is 9.84. The molecule has 1 atom stereocenters. The van der Waals surface area contributed by atoms with Gasteiger partial charge in [-0.3, -0.25) is 0 Å². The van der Waals surface area contributed by atoms with Gasteiger partial charge in [-0.25, -0.2) is 0 Å². The van der Waals surface area contributed by atoms with Crippen molar-refractivity contribution in [3.63, 3.8) is 0 Å². The Kier molecular flexibility index (Phi) is 1.85. The molecular formula is C11H17N3. The van der Waals surface area contributed by atoms with E-state index in [9.17, 15) is 0 Å². The summed E-state index contributed by atoms with van der Waals surface area (Å²) in [7, 11) is 0. The summed E-state index contributed by atoms with van der Waals surface area (Å²) in [5.74, 6) is 3.85. The highest BCUT2D eigenvalue weighted by atomic mass is 15.3. The minimum absolute atomic E-state index is 0.616. The Labute approximate surface area is 84.5 Å². The molecule has 76 valence electrons. The van der Waals surface area contributed by atoms with Crippen LogP contribution in [0.2, 0.25) is 0 Å². The molecule has 2 heterocycles. The predicted molar refractivity (Wildman–Crippen MR) is 54.3 cm³/mol. The van der Waals surface area contributed by atoms with Gasteiger partial charge in [0.1, 0.15) is 11.6 Å². The molecular weight excluding hydrogens is 174 g/mol. The Balaban J connectivity index is 1.97. The molecule has 0 aromatic carbocycles. The molecule has 1 fully saturated rings. The maximum atomic E-state index is 4.38. The lowest BCUT2D eigenvalue weighted by molar-refractivity contribution is 0.369. The van der Waals surface area contributed by atoms with Crippen LogP contribution in [0.1, 0.15) is 62.5 Å². The standard InChI is InChI=1S/C11H17N3/c1-8-4-3-7-14-10(8)12-13-11(14)9-5-2-6-9/h8-9H,2-7H2,1H3. The maximum absolute atomic E-state index is 4.38. The summed E-state index contributed by atoms with van der Waals surface area (Å²) in [6.45, 7) is 3.42. The highest BCUT2D eigenvalue weighted by molar-refractivity contribution is 5.09. The van der Waals surface area contributed by atoms with Crippen molar-refractivity contribution in [3.05, 3.63) is 11.6 Å². The normalized spacial score (nSPS) is 27.1. The van der Waals surface area contributed by atoms with Crippen LogP contribution >= 0.6 is 0 Å². The fourth-order valence-electron chi connectivity index (χ4n) is 2.57. The van der Waals surface area contributed by atoms with Gasteiger partial charge in [-0.2, -0.15) is 0 Å². The van der Waals surface area contributed by atoms with Crippen molar-refractivity contribution in [3.8, 4) is 0 Å². The predicted octanol–water partition coefficient (Wildman–Crippen LogP) is 2.44. The third-order valence-electron chi connectivity index (χ3n) is 3.74. The van der Waals surface area contributed by atoms with Gasteiger partial charge in [-0.05, 0) is 25.7 Å². The lowest BCUT2D eigenvalue weighted by Gasteiger charge is -2.27. The van der Waals surface area contributed by atoms with Gasteiger partial charge in [0, 0.05) is 18.4 Å². The van der Waals surface area contributed by atoms with Gasteiger partial charge in [0.15, 0.2) is 0 Å². The van der Waals surface area contributed by atoms with Crippen LogP contribution in [0.3, 0.4) is 0 Å². The van der Waals surface area contributed by atoms with E-state index in [1.54, 1.807) is 0 Å². The molecule has 0 N–H and O–H groups in total. The van der Waals surface area contributed by atoms with E-state index in [-0.39, 0.29) is 0 Å². The Morgan fingerprint density at radius 1 is 1.07 bits per heavy atom. The fraction of sp³-hybridized carbons (Fsp3) is 0.818. The van der Waals surface area contributed by atoms with E-state index < -0.39 is 0 Å². The Bertz CT molecular complexity index is 338. The quantitative estimate of drug-likeness (QED) is 0.682. The Morgan fingerprint density at radius 3 is 2.57 bits per heavy atom. The highest BCUT2D eigenvalue weighted by Crippen LogP contribution is 2.37. The molecule has 1 saturated carbocycles. The first kappa shape index (κ1) is 8.45. The van der Waals surface area contributed by atoms with Gasteiger partial charge in [-0.15, -0.1) is 10.2 Å². The summed E-state index contributed by atoms with van der Waals surface area (Å²) in [5, 5.41) is 8.74. The fourth-order valence-corrected chi connectivity index (χ4v) is 2.57. The van der Waals surface area contributed by atoms with Crippen LogP contribution in [0.5, 0.6) is 0 Å². The van der Waals surface area contributed by atoms with Crippen molar-refractivity contribution in [2.75, 3.05) is 0 Å². The largest absolute Gasteiger partial charge is 0.315 e.